The van der Waals surface area contributed by atoms with E-state index in [9.17, 15) is 14.4 Å². The molecule has 1 aliphatic rings. The molecule has 1 aromatic heterocycles. The van der Waals surface area contributed by atoms with Gasteiger partial charge in [-0.05, 0) is 31.2 Å². The van der Waals surface area contributed by atoms with Crippen molar-refractivity contribution >= 4 is 22.8 Å². The van der Waals surface area contributed by atoms with Gasteiger partial charge in [-0.25, -0.2) is 4.79 Å². The minimum Gasteiger partial charge on any atom is -0.486 e. The summed E-state index contributed by atoms with van der Waals surface area (Å²) in [5.41, 5.74) is 0.822. The lowest BCUT2D eigenvalue weighted by molar-refractivity contribution is -0.124. The second kappa shape index (κ2) is 8.28. The molecule has 30 heavy (non-hydrogen) atoms. The zero-order valence-corrected chi connectivity index (χ0v) is 16.2. The molecule has 0 saturated heterocycles. The minimum absolute atomic E-state index is 0.190. The first kappa shape index (κ1) is 19.5. The smallest absolute Gasteiger partial charge is 0.374 e. The van der Waals surface area contributed by atoms with E-state index in [2.05, 4.69) is 5.32 Å². The van der Waals surface area contributed by atoms with Crippen molar-refractivity contribution in [3.63, 3.8) is 0 Å². The van der Waals surface area contributed by atoms with Crippen molar-refractivity contribution in [3.8, 4) is 11.5 Å². The van der Waals surface area contributed by atoms with E-state index in [1.807, 2.05) is 19.1 Å². The first-order chi connectivity index (χ1) is 14.5. The molecule has 0 fully saturated rings. The van der Waals surface area contributed by atoms with E-state index in [1.165, 1.54) is 0 Å². The summed E-state index contributed by atoms with van der Waals surface area (Å²) in [5.74, 6) is -0.401. The quantitative estimate of drug-likeness (QED) is 0.644. The van der Waals surface area contributed by atoms with Crippen LogP contribution < -0.4 is 20.2 Å². The number of carbonyl (C=O) groups excluding carboxylic acids is 2. The maximum Gasteiger partial charge on any atom is 0.374 e. The molecule has 1 N–H and O–H groups in total. The molecule has 1 aliphatic heterocycles. The highest BCUT2D eigenvalue weighted by atomic mass is 16.6. The van der Waals surface area contributed by atoms with Crippen LogP contribution in [0.2, 0.25) is 0 Å². The fraction of sp³-hybridized carbons (Fsp3) is 0.227. The fourth-order valence-corrected chi connectivity index (χ4v) is 3.02. The third-order valence-electron chi connectivity index (χ3n) is 4.51. The second-order valence-electron chi connectivity index (χ2n) is 6.85. The highest BCUT2D eigenvalue weighted by Crippen LogP contribution is 2.30. The Labute approximate surface area is 171 Å². The highest BCUT2D eigenvalue weighted by molar-refractivity contribution is 5.90. The van der Waals surface area contributed by atoms with Gasteiger partial charge in [0.2, 0.25) is 5.76 Å². The molecule has 2 heterocycles. The molecule has 0 saturated carbocycles. The normalized spacial score (nSPS) is 14.9. The lowest BCUT2D eigenvalue weighted by Crippen LogP contribution is -2.42. The zero-order chi connectivity index (χ0) is 21.1. The van der Waals surface area contributed by atoms with Gasteiger partial charge in [-0.3, -0.25) is 9.59 Å². The molecule has 2 aromatic carbocycles. The molecular weight excluding hydrogens is 390 g/mol. The Bertz CT molecular complexity index is 1170. The number of hydrogen-bond acceptors (Lipinski definition) is 7. The van der Waals surface area contributed by atoms with Crippen LogP contribution in [0.4, 0.5) is 0 Å². The summed E-state index contributed by atoms with van der Waals surface area (Å²) in [4.78, 5) is 36.4. The van der Waals surface area contributed by atoms with E-state index in [0.717, 1.165) is 11.6 Å². The number of carbonyl (C=O) groups is 2. The average Bonchev–Trinajstić information content (AvgIpc) is 2.76. The number of aryl methyl sites for hydroxylation is 1. The van der Waals surface area contributed by atoms with Gasteiger partial charge >= 0.3 is 5.97 Å². The van der Waals surface area contributed by atoms with Gasteiger partial charge < -0.3 is 23.9 Å². The molecule has 4 rings (SSSR count). The first-order valence-electron chi connectivity index (χ1n) is 9.36. The fourth-order valence-electron chi connectivity index (χ4n) is 3.02. The van der Waals surface area contributed by atoms with Crippen LogP contribution >= 0.6 is 0 Å². The number of amides is 1. The molecule has 154 valence electrons. The maximum absolute atomic E-state index is 12.2. The van der Waals surface area contributed by atoms with Gasteiger partial charge in [0, 0.05) is 6.07 Å². The van der Waals surface area contributed by atoms with E-state index < -0.39 is 18.5 Å². The highest BCUT2D eigenvalue weighted by Gasteiger charge is 2.21. The van der Waals surface area contributed by atoms with Gasteiger partial charge in [-0.1, -0.05) is 23.8 Å². The summed E-state index contributed by atoms with van der Waals surface area (Å²) in [6.45, 7) is 1.81. The van der Waals surface area contributed by atoms with Crippen LogP contribution in [0.5, 0.6) is 11.5 Å². The summed E-state index contributed by atoms with van der Waals surface area (Å²) >= 11 is 0. The van der Waals surface area contributed by atoms with Crippen LogP contribution in [0.3, 0.4) is 0 Å². The Morgan fingerprint density at radius 2 is 1.93 bits per heavy atom. The van der Waals surface area contributed by atoms with Crippen LogP contribution in [0.15, 0.2) is 57.7 Å². The molecule has 0 bridgehead atoms. The molecule has 0 unspecified atom stereocenters. The van der Waals surface area contributed by atoms with E-state index in [4.69, 9.17) is 18.6 Å². The van der Waals surface area contributed by atoms with E-state index in [1.54, 1.807) is 30.3 Å². The van der Waals surface area contributed by atoms with Crippen LogP contribution in [-0.2, 0) is 9.53 Å². The topological polar surface area (TPSA) is 104 Å². The van der Waals surface area contributed by atoms with Crippen molar-refractivity contribution in [1.29, 1.82) is 0 Å². The third kappa shape index (κ3) is 4.27. The lowest BCUT2D eigenvalue weighted by Gasteiger charge is -2.26. The third-order valence-corrected chi connectivity index (χ3v) is 4.51. The van der Waals surface area contributed by atoms with Gasteiger partial charge in [-0.2, -0.15) is 0 Å². The van der Waals surface area contributed by atoms with Crippen molar-refractivity contribution < 1.29 is 28.2 Å². The van der Waals surface area contributed by atoms with Crippen molar-refractivity contribution in [3.05, 3.63) is 70.1 Å². The summed E-state index contributed by atoms with van der Waals surface area (Å²) in [6, 6.07) is 13.4. The molecule has 3 aromatic rings. The Hall–Kier alpha value is -3.81. The second-order valence-corrected chi connectivity index (χ2v) is 6.85. The number of para-hydroxylation sites is 2. The number of esters is 1. The number of rotatable bonds is 5. The minimum atomic E-state index is -0.893. The number of fused-ring (bicyclic) bond motifs is 2. The van der Waals surface area contributed by atoms with E-state index in [0.29, 0.717) is 23.5 Å². The lowest BCUT2D eigenvalue weighted by atomic mass is 10.1. The Morgan fingerprint density at radius 1 is 1.13 bits per heavy atom. The Balaban J connectivity index is 1.30. The number of ether oxygens (including phenoxy) is 3. The monoisotopic (exact) mass is 409 g/mol. The number of nitrogens with one attached hydrogen (secondary N) is 1. The zero-order valence-electron chi connectivity index (χ0n) is 16.2. The SMILES string of the molecule is Cc1ccc2oc(C(=O)OCC(=O)NC[C@H]3COc4ccccc4O3)cc(=O)c2c1. The van der Waals surface area contributed by atoms with Gasteiger partial charge in [0.1, 0.15) is 18.3 Å². The summed E-state index contributed by atoms with van der Waals surface area (Å²) in [5, 5.41) is 3.00. The van der Waals surface area contributed by atoms with Crippen molar-refractivity contribution in [2.45, 2.75) is 13.0 Å². The summed E-state index contributed by atoms with van der Waals surface area (Å²) in [6.07, 6.45) is -0.360. The van der Waals surface area contributed by atoms with Crippen molar-refractivity contribution in [1.82, 2.24) is 5.32 Å². The molecule has 8 nitrogen and oxygen atoms in total. The molecular formula is C22H19NO7. The van der Waals surface area contributed by atoms with Gasteiger partial charge in [-0.15, -0.1) is 0 Å². The standard InChI is InChI=1S/C22H19NO7/c1-13-6-7-17-15(8-13)16(24)9-20(30-17)22(26)28-12-21(25)23-10-14-11-27-18-4-2-3-5-19(18)29-14/h2-9,14H,10-12H2,1H3,(H,23,25)/t14-/m0/s1. The van der Waals surface area contributed by atoms with Crippen LogP contribution in [0.25, 0.3) is 11.0 Å². The van der Waals surface area contributed by atoms with Gasteiger partial charge in [0.25, 0.3) is 5.91 Å². The van der Waals surface area contributed by atoms with E-state index in [-0.39, 0.29) is 29.4 Å². The summed E-state index contributed by atoms with van der Waals surface area (Å²) < 4.78 is 21.7. The maximum atomic E-state index is 12.2. The predicted octanol–water partition coefficient (Wildman–Crippen LogP) is 2.21. The Morgan fingerprint density at radius 3 is 2.77 bits per heavy atom. The molecule has 1 amide bonds. The largest absolute Gasteiger partial charge is 0.486 e. The number of benzene rings is 2. The predicted molar refractivity (Wildman–Crippen MR) is 107 cm³/mol. The van der Waals surface area contributed by atoms with E-state index >= 15 is 0 Å². The molecule has 1 atom stereocenters. The van der Waals surface area contributed by atoms with Crippen molar-refractivity contribution in [2.75, 3.05) is 19.8 Å². The molecule has 0 spiro atoms. The molecule has 0 aliphatic carbocycles. The Kier molecular flexibility index (Phi) is 5.38. The first-order valence-corrected chi connectivity index (χ1v) is 9.36. The average molecular weight is 409 g/mol. The van der Waals surface area contributed by atoms with Crippen molar-refractivity contribution in [2.24, 2.45) is 0 Å². The van der Waals surface area contributed by atoms with Crippen LogP contribution in [0.1, 0.15) is 16.1 Å². The molecule has 0 radical (unpaired) electrons. The van der Waals surface area contributed by atoms with Gasteiger partial charge in [0.15, 0.2) is 23.5 Å². The molecule has 8 heteroatoms. The van der Waals surface area contributed by atoms with Crippen LogP contribution in [-0.4, -0.2) is 37.7 Å². The van der Waals surface area contributed by atoms with Crippen LogP contribution in [0, 0.1) is 6.92 Å². The van der Waals surface area contributed by atoms with Gasteiger partial charge in [0.05, 0.1) is 11.9 Å². The number of hydrogen-bond donors (Lipinski definition) is 1. The summed E-state index contributed by atoms with van der Waals surface area (Å²) in [7, 11) is 0.